The normalized spacial score (nSPS) is 10.7. The van der Waals surface area contributed by atoms with Gasteiger partial charge < -0.3 is 19.9 Å². The molecule has 32 heavy (non-hydrogen) atoms. The first-order valence-corrected chi connectivity index (χ1v) is 10.2. The van der Waals surface area contributed by atoms with Crippen molar-refractivity contribution >= 4 is 23.2 Å². The zero-order chi connectivity index (χ0) is 23.3. The van der Waals surface area contributed by atoms with E-state index in [4.69, 9.17) is 21.1 Å². The predicted molar refractivity (Wildman–Crippen MR) is 123 cm³/mol. The highest BCUT2D eigenvalue weighted by molar-refractivity contribution is 6.30. The van der Waals surface area contributed by atoms with E-state index in [1.165, 1.54) is 18.8 Å². The van der Waals surface area contributed by atoms with Crippen LogP contribution in [0.25, 0.3) is 11.4 Å². The zero-order valence-electron chi connectivity index (χ0n) is 18.0. The number of carbonyl (C=O) groups is 1. The maximum Gasteiger partial charge on any atom is 0.257 e. The lowest BCUT2D eigenvalue weighted by Gasteiger charge is -2.17. The van der Waals surface area contributed by atoms with Crippen LogP contribution in [0.2, 0.25) is 5.02 Å². The Hall–Kier alpha value is -3.36. The van der Waals surface area contributed by atoms with Crippen molar-refractivity contribution in [2.75, 3.05) is 26.1 Å². The number of nitrogens with one attached hydrogen (secondary N) is 1. The Kier molecular flexibility index (Phi) is 7.50. The van der Waals surface area contributed by atoms with Gasteiger partial charge in [-0.1, -0.05) is 23.7 Å². The van der Waals surface area contributed by atoms with Crippen LogP contribution < -0.4 is 20.3 Å². The average Bonchev–Trinajstić information content (AvgIpc) is 2.78. The molecule has 0 bridgehead atoms. The van der Waals surface area contributed by atoms with E-state index < -0.39 is 11.5 Å². The Labute approximate surface area is 190 Å². The van der Waals surface area contributed by atoms with Gasteiger partial charge in [0, 0.05) is 40.9 Å². The molecule has 1 heterocycles. The second kappa shape index (κ2) is 10.3. The Morgan fingerprint density at radius 1 is 1.19 bits per heavy atom. The number of methoxy groups -OCH3 is 2. The molecule has 1 amide bonds. The molecule has 9 heteroatoms. The van der Waals surface area contributed by atoms with Gasteiger partial charge in [-0.15, -0.1) is 0 Å². The number of carbonyl (C=O) groups excluding carboxylic acids is 1. The van der Waals surface area contributed by atoms with E-state index in [1.54, 1.807) is 49.4 Å². The first-order valence-electron chi connectivity index (χ1n) is 9.87. The molecule has 0 radical (unpaired) electrons. The molecular formula is C23H24ClN3O5. The van der Waals surface area contributed by atoms with Crippen LogP contribution in [-0.2, 0) is 17.8 Å². The number of anilines is 1. The molecule has 1 aromatic heterocycles. The van der Waals surface area contributed by atoms with E-state index >= 15 is 0 Å². The van der Waals surface area contributed by atoms with Gasteiger partial charge in [-0.05, 0) is 31.2 Å². The minimum absolute atomic E-state index is 0.138. The van der Waals surface area contributed by atoms with Crippen LogP contribution in [0.4, 0.5) is 5.69 Å². The Morgan fingerprint density at radius 3 is 2.62 bits per heavy atom. The molecule has 0 spiro atoms. The average molecular weight is 458 g/mol. The third-order valence-corrected chi connectivity index (χ3v) is 5.13. The first-order chi connectivity index (χ1) is 15.4. The summed E-state index contributed by atoms with van der Waals surface area (Å²) in [4.78, 5) is 30.7. The number of aryl methyl sites for hydroxylation is 1. The lowest BCUT2D eigenvalue weighted by Crippen LogP contribution is -2.33. The standard InChI is InChI=1S/C23H24ClN3O5/c1-14-18(9-10-28)23(30)27(22(25-14)15-5-4-6-16(24)11-15)13-21(29)26-19-12-17(31-2)7-8-20(19)32-3/h4-8,11-12,28H,9-10,13H2,1-3H3,(H,26,29). The molecule has 0 aliphatic heterocycles. The van der Waals surface area contributed by atoms with E-state index in [0.29, 0.717) is 44.9 Å². The van der Waals surface area contributed by atoms with Gasteiger partial charge in [-0.25, -0.2) is 4.98 Å². The molecule has 0 saturated heterocycles. The zero-order valence-corrected chi connectivity index (χ0v) is 18.8. The minimum atomic E-state index is -0.456. The van der Waals surface area contributed by atoms with Gasteiger partial charge in [-0.2, -0.15) is 0 Å². The maximum absolute atomic E-state index is 13.2. The van der Waals surface area contributed by atoms with Crippen LogP contribution >= 0.6 is 11.6 Å². The van der Waals surface area contributed by atoms with Crippen molar-refractivity contribution in [3.05, 3.63) is 69.1 Å². The molecular weight excluding hydrogens is 434 g/mol. The van der Waals surface area contributed by atoms with E-state index in [2.05, 4.69) is 10.3 Å². The quantitative estimate of drug-likeness (QED) is 0.539. The Balaban J connectivity index is 2.03. The molecule has 3 rings (SSSR count). The second-order valence-corrected chi connectivity index (χ2v) is 7.43. The summed E-state index contributed by atoms with van der Waals surface area (Å²) in [7, 11) is 3.01. The number of aromatic nitrogens is 2. The highest BCUT2D eigenvalue weighted by Gasteiger charge is 2.19. The first kappa shape index (κ1) is 23.3. The van der Waals surface area contributed by atoms with Crippen molar-refractivity contribution in [3.63, 3.8) is 0 Å². The summed E-state index contributed by atoms with van der Waals surface area (Å²) in [5.74, 6) is 0.844. The number of ether oxygens (including phenoxy) is 2. The summed E-state index contributed by atoms with van der Waals surface area (Å²) in [5, 5.41) is 12.6. The fourth-order valence-electron chi connectivity index (χ4n) is 3.34. The molecule has 2 aromatic carbocycles. The van der Waals surface area contributed by atoms with Gasteiger partial charge in [0.25, 0.3) is 5.56 Å². The summed E-state index contributed by atoms with van der Waals surface area (Å²) >= 11 is 6.13. The third kappa shape index (κ3) is 5.09. The molecule has 0 fully saturated rings. The molecule has 0 unspecified atom stereocenters. The number of rotatable bonds is 8. The topological polar surface area (TPSA) is 103 Å². The van der Waals surface area contributed by atoms with Gasteiger partial charge in [0.2, 0.25) is 5.91 Å². The highest BCUT2D eigenvalue weighted by atomic mass is 35.5. The van der Waals surface area contributed by atoms with Crippen molar-refractivity contribution in [3.8, 4) is 22.9 Å². The van der Waals surface area contributed by atoms with E-state index in [0.717, 1.165) is 0 Å². The Bertz CT molecular complexity index is 1190. The summed E-state index contributed by atoms with van der Waals surface area (Å²) in [5.41, 5.74) is 1.45. The highest BCUT2D eigenvalue weighted by Crippen LogP contribution is 2.29. The number of amides is 1. The molecule has 0 saturated carbocycles. The second-order valence-electron chi connectivity index (χ2n) is 6.99. The predicted octanol–water partition coefficient (Wildman–Crippen LogP) is 3.06. The molecule has 3 aromatic rings. The van der Waals surface area contributed by atoms with Crippen LogP contribution in [-0.4, -0.2) is 41.4 Å². The van der Waals surface area contributed by atoms with E-state index in [1.807, 2.05) is 0 Å². The smallest absolute Gasteiger partial charge is 0.257 e. The van der Waals surface area contributed by atoms with Gasteiger partial charge in [0.05, 0.1) is 19.9 Å². The number of hydrogen-bond acceptors (Lipinski definition) is 6. The van der Waals surface area contributed by atoms with Crippen LogP contribution in [0.1, 0.15) is 11.3 Å². The van der Waals surface area contributed by atoms with Crippen LogP contribution in [0.5, 0.6) is 11.5 Å². The van der Waals surface area contributed by atoms with E-state index in [-0.39, 0.29) is 19.6 Å². The lowest BCUT2D eigenvalue weighted by molar-refractivity contribution is -0.116. The molecule has 0 aliphatic carbocycles. The number of benzene rings is 2. The molecule has 2 N–H and O–H groups in total. The van der Waals surface area contributed by atoms with Gasteiger partial charge in [0.1, 0.15) is 23.9 Å². The van der Waals surface area contributed by atoms with Gasteiger partial charge >= 0.3 is 0 Å². The molecule has 168 valence electrons. The largest absolute Gasteiger partial charge is 0.497 e. The molecule has 0 atom stereocenters. The summed E-state index contributed by atoms with van der Waals surface area (Å²) < 4.78 is 11.8. The molecule has 8 nitrogen and oxygen atoms in total. The van der Waals surface area contributed by atoms with E-state index in [9.17, 15) is 14.7 Å². The number of halogens is 1. The van der Waals surface area contributed by atoms with Crippen molar-refractivity contribution in [1.82, 2.24) is 9.55 Å². The van der Waals surface area contributed by atoms with Gasteiger partial charge in [-0.3, -0.25) is 14.2 Å². The van der Waals surface area contributed by atoms with Crippen molar-refractivity contribution in [2.45, 2.75) is 19.9 Å². The fraction of sp³-hybridized carbons (Fsp3) is 0.261. The maximum atomic E-state index is 13.2. The summed E-state index contributed by atoms with van der Waals surface area (Å²) in [6, 6.07) is 11.9. The minimum Gasteiger partial charge on any atom is -0.497 e. The van der Waals surface area contributed by atoms with Crippen LogP contribution in [0.3, 0.4) is 0 Å². The fourth-order valence-corrected chi connectivity index (χ4v) is 3.53. The SMILES string of the molecule is COc1ccc(OC)c(NC(=O)Cn2c(-c3cccc(Cl)c3)nc(C)c(CCO)c2=O)c1. The number of hydrogen-bond donors (Lipinski definition) is 2. The third-order valence-electron chi connectivity index (χ3n) is 4.90. The molecule has 0 aliphatic rings. The van der Waals surface area contributed by atoms with Crippen LogP contribution in [0, 0.1) is 6.92 Å². The summed E-state index contributed by atoms with van der Waals surface area (Å²) in [6.07, 6.45) is 0.138. The Morgan fingerprint density at radius 2 is 1.97 bits per heavy atom. The van der Waals surface area contributed by atoms with Crippen LogP contribution in [0.15, 0.2) is 47.3 Å². The van der Waals surface area contributed by atoms with Crippen molar-refractivity contribution in [2.24, 2.45) is 0 Å². The van der Waals surface area contributed by atoms with Gasteiger partial charge in [0.15, 0.2) is 0 Å². The van der Waals surface area contributed by atoms with Crippen molar-refractivity contribution < 1.29 is 19.4 Å². The van der Waals surface area contributed by atoms with Crippen molar-refractivity contribution in [1.29, 1.82) is 0 Å². The number of nitrogens with zero attached hydrogens (tertiary/aromatic N) is 2. The summed E-state index contributed by atoms with van der Waals surface area (Å²) in [6.45, 7) is 1.19. The number of aliphatic hydroxyl groups is 1. The number of aliphatic hydroxyl groups excluding tert-OH is 1. The monoisotopic (exact) mass is 457 g/mol. The lowest BCUT2D eigenvalue weighted by atomic mass is 10.1.